The molecule has 0 radical (unpaired) electrons. The third-order valence-corrected chi connectivity index (χ3v) is 4.93. The largest absolute Gasteiger partial charge is 0.454 e. The Morgan fingerprint density at radius 2 is 1.51 bits per heavy atom. The number of alkyl halides is 6. The van der Waals surface area contributed by atoms with Crippen molar-refractivity contribution in [1.82, 2.24) is 15.0 Å². The number of halogens is 7. The third kappa shape index (κ3) is 7.63. The molecule has 1 amide bonds. The van der Waals surface area contributed by atoms with E-state index in [0.717, 1.165) is 18.2 Å². The first-order chi connectivity index (χ1) is 18.4. The summed E-state index contributed by atoms with van der Waals surface area (Å²) in [5.41, 5.74) is -0.284. The predicted molar refractivity (Wildman–Crippen MR) is 126 cm³/mol. The molecule has 4 rings (SSSR count). The summed E-state index contributed by atoms with van der Waals surface area (Å²) >= 11 is 0. The van der Waals surface area contributed by atoms with Gasteiger partial charge in [-0.15, -0.1) is 0 Å². The number of hydrogen-bond donors (Lipinski definition) is 2. The van der Waals surface area contributed by atoms with E-state index >= 15 is 0 Å². The standard InChI is InChI=1S/C25H16F7N5O2/c26-17-8-10-18(11-9-17)33-21(38)15-6-4-14(5-7-15)20-35-22(37-23(36-20)39-13-24(27,28)29)34-19-3-1-2-16(12-19)25(30,31)32/h1-12H,13H2,(H,33,38)(H,34,35,36,37). The molecule has 2 N–H and O–H groups in total. The SMILES string of the molecule is O=C(Nc1ccc(F)cc1)c1ccc(-c2nc(Nc3cccc(C(F)(F)F)c3)nc(OCC(F)(F)F)n2)cc1. The zero-order valence-electron chi connectivity index (χ0n) is 19.4. The molecule has 0 saturated heterocycles. The molecule has 0 aliphatic rings. The summed E-state index contributed by atoms with van der Waals surface area (Å²) < 4.78 is 94.9. The molecule has 0 fully saturated rings. The first kappa shape index (κ1) is 27.3. The number of amides is 1. The second kappa shape index (κ2) is 10.9. The molecule has 14 heteroatoms. The lowest BCUT2D eigenvalue weighted by Crippen LogP contribution is -2.20. The van der Waals surface area contributed by atoms with Gasteiger partial charge in [-0.25, -0.2) is 4.39 Å². The highest BCUT2D eigenvalue weighted by Crippen LogP contribution is 2.31. The molecule has 0 aliphatic carbocycles. The zero-order valence-corrected chi connectivity index (χ0v) is 19.4. The fourth-order valence-corrected chi connectivity index (χ4v) is 3.16. The van der Waals surface area contributed by atoms with Crippen LogP contribution in [0.1, 0.15) is 15.9 Å². The van der Waals surface area contributed by atoms with Crippen LogP contribution >= 0.6 is 0 Å². The average Bonchev–Trinajstić information content (AvgIpc) is 2.88. The smallest absolute Gasteiger partial charge is 0.422 e. The minimum Gasteiger partial charge on any atom is -0.454 e. The van der Waals surface area contributed by atoms with Crippen LogP contribution in [0.2, 0.25) is 0 Å². The molecule has 0 aliphatic heterocycles. The van der Waals surface area contributed by atoms with Crippen LogP contribution in [0.4, 0.5) is 48.1 Å². The van der Waals surface area contributed by atoms with E-state index in [-0.39, 0.29) is 28.6 Å². The molecule has 1 heterocycles. The highest BCUT2D eigenvalue weighted by molar-refractivity contribution is 6.04. The fraction of sp³-hybridized carbons (Fsp3) is 0.120. The van der Waals surface area contributed by atoms with Crippen LogP contribution in [-0.4, -0.2) is 33.6 Å². The lowest BCUT2D eigenvalue weighted by Gasteiger charge is -2.12. The lowest BCUT2D eigenvalue weighted by atomic mass is 10.1. The van der Waals surface area contributed by atoms with Crippen molar-refractivity contribution in [3.05, 3.63) is 89.7 Å². The quantitative estimate of drug-likeness (QED) is 0.251. The molecule has 1 aromatic heterocycles. The molecular formula is C25H16F7N5O2. The lowest BCUT2D eigenvalue weighted by molar-refractivity contribution is -0.154. The number of ether oxygens (including phenoxy) is 1. The predicted octanol–water partition coefficient (Wildman–Crippen LogP) is 6.63. The van der Waals surface area contributed by atoms with Crippen molar-refractivity contribution >= 4 is 23.2 Å². The Labute approximate surface area is 215 Å². The Morgan fingerprint density at radius 1 is 0.821 bits per heavy atom. The van der Waals surface area contributed by atoms with Gasteiger partial charge in [-0.3, -0.25) is 4.79 Å². The van der Waals surface area contributed by atoms with Gasteiger partial charge >= 0.3 is 18.4 Å². The van der Waals surface area contributed by atoms with Gasteiger partial charge in [0.1, 0.15) is 5.82 Å². The minimum absolute atomic E-state index is 0.0865. The van der Waals surface area contributed by atoms with Crippen molar-refractivity contribution in [3.8, 4) is 17.4 Å². The van der Waals surface area contributed by atoms with Crippen molar-refractivity contribution in [2.75, 3.05) is 17.2 Å². The number of nitrogens with zero attached hydrogens (tertiary/aromatic N) is 3. The van der Waals surface area contributed by atoms with Crippen LogP contribution in [0.15, 0.2) is 72.8 Å². The van der Waals surface area contributed by atoms with Crippen molar-refractivity contribution in [1.29, 1.82) is 0 Å². The van der Waals surface area contributed by atoms with Gasteiger partial charge in [0, 0.05) is 22.5 Å². The number of aromatic nitrogens is 3. The topological polar surface area (TPSA) is 89.0 Å². The zero-order chi connectivity index (χ0) is 28.2. The van der Waals surface area contributed by atoms with Gasteiger partial charge < -0.3 is 15.4 Å². The number of rotatable bonds is 7. The second-order valence-electron chi connectivity index (χ2n) is 7.91. The average molecular weight is 551 g/mol. The maximum atomic E-state index is 13.1. The molecule has 202 valence electrons. The van der Waals surface area contributed by atoms with Crippen LogP contribution in [-0.2, 0) is 6.18 Å². The summed E-state index contributed by atoms with van der Waals surface area (Å²) in [5, 5.41) is 5.08. The summed E-state index contributed by atoms with van der Waals surface area (Å²) in [6.07, 6.45) is -9.34. The van der Waals surface area contributed by atoms with E-state index < -0.39 is 42.3 Å². The first-order valence-corrected chi connectivity index (χ1v) is 10.9. The fourth-order valence-electron chi connectivity index (χ4n) is 3.16. The first-order valence-electron chi connectivity index (χ1n) is 10.9. The van der Waals surface area contributed by atoms with E-state index in [9.17, 15) is 35.5 Å². The summed E-state index contributed by atoms with van der Waals surface area (Å²) in [5.74, 6) is -1.56. The molecule has 0 bridgehead atoms. The van der Waals surface area contributed by atoms with Gasteiger partial charge in [-0.05, 0) is 54.6 Å². The summed E-state index contributed by atoms with van der Waals surface area (Å²) in [6.45, 7) is -1.72. The highest BCUT2D eigenvalue weighted by atomic mass is 19.4. The monoisotopic (exact) mass is 551 g/mol. The molecule has 0 saturated carbocycles. The molecular weight excluding hydrogens is 535 g/mol. The minimum atomic E-state index is -4.71. The number of hydrogen-bond acceptors (Lipinski definition) is 6. The molecule has 7 nitrogen and oxygen atoms in total. The maximum Gasteiger partial charge on any atom is 0.422 e. The normalized spacial score (nSPS) is 11.7. The van der Waals surface area contributed by atoms with E-state index in [1.807, 2.05) is 0 Å². The Bertz CT molecular complexity index is 1460. The van der Waals surface area contributed by atoms with Crippen molar-refractivity contribution in [2.45, 2.75) is 12.4 Å². The summed E-state index contributed by atoms with van der Waals surface area (Å²) in [6, 6.07) is 13.9. The van der Waals surface area contributed by atoms with Gasteiger partial charge in [0.2, 0.25) is 5.95 Å². The van der Waals surface area contributed by atoms with Crippen LogP contribution < -0.4 is 15.4 Å². The number of carbonyl (C=O) groups excluding carboxylic acids is 1. The van der Waals surface area contributed by atoms with E-state index in [4.69, 9.17) is 0 Å². The van der Waals surface area contributed by atoms with Crippen LogP contribution in [0, 0.1) is 5.82 Å². The Morgan fingerprint density at radius 3 is 2.15 bits per heavy atom. The summed E-state index contributed by atoms with van der Waals surface area (Å²) in [4.78, 5) is 24.1. The van der Waals surface area contributed by atoms with E-state index in [1.54, 1.807) is 0 Å². The Balaban J connectivity index is 1.60. The number of nitrogens with one attached hydrogen (secondary N) is 2. The maximum absolute atomic E-state index is 13.1. The third-order valence-electron chi connectivity index (χ3n) is 4.93. The van der Waals surface area contributed by atoms with Crippen molar-refractivity contribution in [3.63, 3.8) is 0 Å². The van der Waals surface area contributed by atoms with E-state index in [0.29, 0.717) is 5.69 Å². The van der Waals surface area contributed by atoms with Crippen LogP contribution in [0.25, 0.3) is 11.4 Å². The van der Waals surface area contributed by atoms with Gasteiger partial charge in [-0.2, -0.15) is 41.3 Å². The molecule has 0 spiro atoms. The Kier molecular flexibility index (Phi) is 7.65. The number of anilines is 3. The van der Waals surface area contributed by atoms with Crippen molar-refractivity contribution in [2.24, 2.45) is 0 Å². The van der Waals surface area contributed by atoms with Gasteiger partial charge in [-0.1, -0.05) is 18.2 Å². The highest BCUT2D eigenvalue weighted by Gasteiger charge is 2.31. The van der Waals surface area contributed by atoms with E-state index in [2.05, 4.69) is 30.3 Å². The van der Waals surface area contributed by atoms with Gasteiger partial charge in [0.25, 0.3) is 5.91 Å². The number of carbonyl (C=O) groups is 1. The van der Waals surface area contributed by atoms with Crippen molar-refractivity contribution < 1.29 is 40.3 Å². The molecule has 39 heavy (non-hydrogen) atoms. The summed E-state index contributed by atoms with van der Waals surface area (Å²) in [7, 11) is 0. The molecule has 0 atom stereocenters. The van der Waals surface area contributed by atoms with Crippen LogP contribution in [0.3, 0.4) is 0 Å². The van der Waals surface area contributed by atoms with Gasteiger partial charge in [0.15, 0.2) is 12.4 Å². The van der Waals surface area contributed by atoms with Gasteiger partial charge in [0.05, 0.1) is 5.56 Å². The molecule has 0 unspecified atom stereocenters. The molecule has 4 aromatic rings. The number of benzene rings is 3. The Hall–Kier alpha value is -4.75. The second-order valence-corrected chi connectivity index (χ2v) is 7.91. The van der Waals surface area contributed by atoms with Crippen LogP contribution in [0.5, 0.6) is 6.01 Å². The molecule has 3 aromatic carbocycles. The van der Waals surface area contributed by atoms with E-state index in [1.165, 1.54) is 54.6 Å².